The second kappa shape index (κ2) is 8.57. The van der Waals surface area contributed by atoms with Crippen molar-refractivity contribution in [3.05, 3.63) is 18.2 Å². The van der Waals surface area contributed by atoms with Gasteiger partial charge in [0.05, 0.1) is 20.3 Å². The summed E-state index contributed by atoms with van der Waals surface area (Å²) in [6.07, 6.45) is 0.273. The fourth-order valence-electron chi connectivity index (χ4n) is 2.68. The summed E-state index contributed by atoms with van der Waals surface area (Å²) in [6.45, 7) is 1.74. The third-order valence-corrected chi connectivity index (χ3v) is 3.98. The largest absolute Gasteiger partial charge is 0.493 e. The number of benzene rings is 1. The fraction of sp³-hybridized carbons (Fsp3) is 0.529. The molecule has 0 bridgehead atoms. The average Bonchev–Trinajstić information content (AvgIpc) is 2.94. The first kappa shape index (κ1) is 18.9. The van der Waals surface area contributed by atoms with Gasteiger partial charge in [0.25, 0.3) is 0 Å². The van der Waals surface area contributed by atoms with E-state index in [1.165, 1.54) is 0 Å². The quantitative estimate of drug-likeness (QED) is 0.755. The van der Waals surface area contributed by atoms with Crippen molar-refractivity contribution in [1.29, 1.82) is 0 Å². The minimum absolute atomic E-state index is 0.0363. The van der Waals surface area contributed by atoms with Gasteiger partial charge in [-0.3, -0.25) is 4.79 Å². The molecule has 0 saturated carbocycles. The van der Waals surface area contributed by atoms with Crippen LogP contribution in [0.2, 0.25) is 0 Å². The first-order valence-corrected chi connectivity index (χ1v) is 8.16. The van der Waals surface area contributed by atoms with E-state index >= 15 is 0 Å². The topological polar surface area (TPSA) is 83.1 Å². The number of likely N-dealkylation sites (N-methyl/N-ethyl adjacent to an activating group) is 1. The summed E-state index contributed by atoms with van der Waals surface area (Å²) in [6, 6.07) is 4.85. The highest BCUT2D eigenvalue weighted by molar-refractivity contribution is 5.97. The first-order valence-electron chi connectivity index (χ1n) is 8.16. The predicted molar refractivity (Wildman–Crippen MR) is 95.4 cm³/mol. The van der Waals surface area contributed by atoms with Gasteiger partial charge >= 0.3 is 6.03 Å². The van der Waals surface area contributed by atoms with Crippen LogP contribution in [0.3, 0.4) is 0 Å². The number of hydrogen-bond acceptors (Lipinski definition) is 5. The van der Waals surface area contributed by atoms with Gasteiger partial charge in [-0.1, -0.05) is 0 Å². The predicted octanol–water partition coefficient (Wildman–Crippen LogP) is 0.670. The molecule has 1 fully saturated rings. The van der Waals surface area contributed by atoms with E-state index in [9.17, 15) is 9.59 Å². The van der Waals surface area contributed by atoms with Gasteiger partial charge in [-0.05, 0) is 26.2 Å². The molecule has 2 N–H and O–H groups in total. The molecule has 1 saturated heterocycles. The van der Waals surface area contributed by atoms with E-state index in [0.717, 1.165) is 12.2 Å². The van der Waals surface area contributed by atoms with Crippen molar-refractivity contribution in [2.45, 2.75) is 12.5 Å². The molecule has 1 atom stereocenters. The van der Waals surface area contributed by atoms with Crippen LogP contribution < -0.4 is 25.0 Å². The molecule has 2 rings (SSSR count). The van der Waals surface area contributed by atoms with Crippen LogP contribution in [0.25, 0.3) is 0 Å². The highest BCUT2D eigenvalue weighted by atomic mass is 16.5. The van der Waals surface area contributed by atoms with Crippen LogP contribution in [0.1, 0.15) is 6.42 Å². The zero-order valence-electron chi connectivity index (χ0n) is 15.2. The van der Waals surface area contributed by atoms with Gasteiger partial charge in [-0.25, -0.2) is 4.79 Å². The molecule has 25 heavy (non-hydrogen) atoms. The number of nitrogens with zero attached hydrogens (tertiary/aromatic N) is 2. The molecule has 3 amide bonds. The van der Waals surface area contributed by atoms with Crippen LogP contribution in [0.5, 0.6) is 11.5 Å². The van der Waals surface area contributed by atoms with Gasteiger partial charge < -0.3 is 29.9 Å². The zero-order valence-corrected chi connectivity index (χ0v) is 15.2. The monoisotopic (exact) mass is 350 g/mol. The maximum absolute atomic E-state index is 12.3. The van der Waals surface area contributed by atoms with Gasteiger partial charge in [-0.2, -0.15) is 0 Å². The molecule has 0 spiro atoms. The second-order valence-corrected chi connectivity index (χ2v) is 6.15. The Morgan fingerprint density at radius 1 is 1.28 bits per heavy atom. The van der Waals surface area contributed by atoms with E-state index in [2.05, 4.69) is 10.6 Å². The number of carbonyl (C=O) groups is 2. The van der Waals surface area contributed by atoms with E-state index in [1.54, 1.807) is 37.3 Å². The molecule has 0 unspecified atom stereocenters. The Kier molecular flexibility index (Phi) is 6.46. The number of amides is 3. The molecule has 1 heterocycles. The first-order chi connectivity index (χ1) is 11.9. The lowest BCUT2D eigenvalue weighted by atomic mass is 10.2. The lowest BCUT2D eigenvalue weighted by Gasteiger charge is -2.19. The Morgan fingerprint density at radius 2 is 2.00 bits per heavy atom. The van der Waals surface area contributed by atoms with Gasteiger partial charge in [0.2, 0.25) is 5.91 Å². The number of ether oxygens (including phenoxy) is 2. The smallest absolute Gasteiger partial charge is 0.315 e. The van der Waals surface area contributed by atoms with Crippen molar-refractivity contribution in [2.75, 3.05) is 52.8 Å². The van der Waals surface area contributed by atoms with Crippen LogP contribution >= 0.6 is 0 Å². The van der Waals surface area contributed by atoms with Crippen LogP contribution in [0.4, 0.5) is 10.5 Å². The summed E-state index contributed by atoms with van der Waals surface area (Å²) in [7, 11) is 7.00. The molecule has 1 aromatic rings. The van der Waals surface area contributed by atoms with Gasteiger partial charge in [0, 0.05) is 37.8 Å². The van der Waals surface area contributed by atoms with Gasteiger partial charge in [0.1, 0.15) is 0 Å². The van der Waals surface area contributed by atoms with E-state index in [4.69, 9.17) is 9.47 Å². The molecule has 0 aliphatic carbocycles. The van der Waals surface area contributed by atoms with Crippen molar-refractivity contribution in [3.8, 4) is 11.5 Å². The van der Waals surface area contributed by atoms with E-state index in [-0.39, 0.29) is 24.4 Å². The Morgan fingerprint density at radius 3 is 2.64 bits per heavy atom. The summed E-state index contributed by atoms with van der Waals surface area (Å²) >= 11 is 0. The maximum Gasteiger partial charge on any atom is 0.315 e. The number of methoxy groups -OCH3 is 2. The fourth-order valence-corrected chi connectivity index (χ4v) is 2.68. The van der Waals surface area contributed by atoms with Crippen molar-refractivity contribution >= 4 is 17.6 Å². The van der Waals surface area contributed by atoms with Crippen LogP contribution in [-0.2, 0) is 4.79 Å². The highest BCUT2D eigenvalue weighted by Crippen LogP contribution is 2.33. The Labute approximate surface area is 148 Å². The van der Waals surface area contributed by atoms with Crippen molar-refractivity contribution in [3.63, 3.8) is 0 Å². The molecule has 0 aromatic heterocycles. The average molecular weight is 350 g/mol. The van der Waals surface area contributed by atoms with E-state index in [0.29, 0.717) is 24.6 Å². The second-order valence-electron chi connectivity index (χ2n) is 6.15. The molecular weight excluding hydrogens is 324 g/mol. The van der Waals surface area contributed by atoms with E-state index in [1.807, 2.05) is 19.0 Å². The minimum Gasteiger partial charge on any atom is -0.493 e. The molecule has 138 valence electrons. The van der Waals surface area contributed by atoms with Crippen molar-refractivity contribution in [1.82, 2.24) is 15.5 Å². The zero-order chi connectivity index (χ0) is 18.4. The SMILES string of the molecule is COc1ccc(N2C[C@@H](NC(=O)NCCN(C)C)CC2=O)cc1OC. The number of rotatable bonds is 7. The van der Waals surface area contributed by atoms with Crippen molar-refractivity contribution in [2.24, 2.45) is 0 Å². The standard InChI is InChI=1S/C17H26N4O4/c1-20(2)8-7-18-17(23)19-12-9-16(22)21(11-12)13-5-6-14(24-3)15(10-13)25-4/h5-6,10,12H,7-9,11H2,1-4H3,(H2,18,19,23)/t12-/m0/s1. The van der Waals surface area contributed by atoms with Gasteiger partial charge in [0.15, 0.2) is 11.5 Å². The van der Waals surface area contributed by atoms with Crippen LogP contribution in [0, 0.1) is 0 Å². The number of urea groups is 1. The summed E-state index contributed by atoms with van der Waals surface area (Å²) in [5.74, 6) is 1.13. The van der Waals surface area contributed by atoms with Crippen LogP contribution in [0.15, 0.2) is 18.2 Å². The third-order valence-electron chi connectivity index (χ3n) is 3.98. The van der Waals surface area contributed by atoms with Gasteiger partial charge in [-0.15, -0.1) is 0 Å². The normalized spacial score (nSPS) is 16.9. The molecule has 8 nitrogen and oxygen atoms in total. The summed E-state index contributed by atoms with van der Waals surface area (Å²) in [5, 5.41) is 5.63. The maximum atomic E-state index is 12.3. The molecule has 8 heteroatoms. The minimum atomic E-state index is -0.256. The summed E-state index contributed by atoms with van der Waals surface area (Å²) < 4.78 is 10.5. The number of hydrogen-bond donors (Lipinski definition) is 2. The lowest BCUT2D eigenvalue weighted by Crippen LogP contribution is -2.45. The van der Waals surface area contributed by atoms with Crippen molar-refractivity contribution < 1.29 is 19.1 Å². The third kappa shape index (κ3) is 4.99. The lowest BCUT2D eigenvalue weighted by molar-refractivity contribution is -0.117. The van der Waals surface area contributed by atoms with E-state index < -0.39 is 0 Å². The van der Waals surface area contributed by atoms with Crippen LogP contribution in [-0.4, -0.2) is 70.8 Å². The molecule has 1 aromatic carbocycles. The number of nitrogens with one attached hydrogen (secondary N) is 2. The highest BCUT2D eigenvalue weighted by Gasteiger charge is 2.32. The molecule has 0 radical (unpaired) electrons. The molecular formula is C17H26N4O4. The molecule has 1 aliphatic rings. The summed E-state index contributed by atoms with van der Waals surface area (Å²) in [4.78, 5) is 27.8. The summed E-state index contributed by atoms with van der Waals surface area (Å²) in [5.41, 5.74) is 0.722. The Bertz CT molecular complexity index is 621. The number of carbonyl (C=O) groups excluding carboxylic acids is 2. The number of anilines is 1. The Balaban J connectivity index is 1.95. The molecule has 1 aliphatic heterocycles. The Hall–Kier alpha value is -2.48.